The Labute approximate surface area is 150 Å². The molecule has 4 nitrogen and oxygen atoms in total. The summed E-state index contributed by atoms with van der Waals surface area (Å²) in [7, 11) is 0. The van der Waals surface area contributed by atoms with E-state index in [9.17, 15) is 14.3 Å². The molecule has 2 heterocycles. The van der Waals surface area contributed by atoms with Gasteiger partial charge in [-0.2, -0.15) is 0 Å². The predicted molar refractivity (Wildman–Crippen MR) is 97.3 cm³/mol. The van der Waals surface area contributed by atoms with Crippen molar-refractivity contribution in [2.24, 2.45) is 0 Å². The molecule has 1 N–H and O–H groups in total. The lowest BCUT2D eigenvalue weighted by molar-refractivity contribution is -0.142. The van der Waals surface area contributed by atoms with Crippen LogP contribution >= 0.6 is 0 Å². The Kier molecular flexibility index (Phi) is 4.39. The maximum atomic E-state index is 13.5. The quantitative estimate of drug-likeness (QED) is 0.772. The summed E-state index contributed by atoms with van der Waals surface area (Å²) < 4.78 is 13.5. The van der Waals surface area contributed by atoms with Crippen molar-refractivity contribution < 1.29 is 14.3 Å². The lowest BCUT2D eigenvalue weighted by Crippen LogP contribution is -2.39. The number of aliphatic carboxylic acids is 1. The highest BCUT2D eigenvalue weighted by molar-refractivity contribution is 5.83. The van der Waals surface area contributed by atoms with Gasteiger partial charge in [0.2, 0.25) is 0 Å². The minimum atomic E-state index is -0.812. The number of benzene rings is 2. The van der Waals surface area contributed by atoms with Crippen molar-refractivity contribution in [3.63, 3.8) is 0 Å². The average molecular weight is 350 g/mol. The summed E-state index contributed by atoms with van der Waals surface area (Å²) in [5, 5.41) is 10.7. The molecule has 0 aliphatic carbocycles. The van der Waals surface area contributed by atoms with E-state index in [4.69, 9.17) is 0 Å². The summed E-state index contributed by atoms with van der Waals surface area (Å²) in [6.45, 7) is 0.690. The van der Waals surface area contributed by atoms with Gasteiger partial charge in [0.15, 0.2) is 0 Å². The third kappa shape index (κ3) is 2.95. The van der Waals surface area contributed by atoms with Crippen molar-refractivity contribution in [3.8, 4) is 0 Å². The molecule has 26 heavy (non-hydrogen) atoms. The van der Waals surface area contributed by atoms with Gasteiger partial charge in [0, 0.05) is 18.1 Å². The molecule has 0 saturated carbocycles. The van der Waals surface area contributed by atoms with E-state index in [1.165, 1.54) is 12.1 Å². The molecule has 0 spiro atoms. The first-order valence-corrected chi connectivity index (χ1v) is 8.73. The second-order valence-corrected chi connectivity index (χ2v) is 6.61. The Hall–Kier alpha value is -2.79. The van der Waals surface area contributed by atoms with Gasteiger partial charge >= 0.3 is 5.97 Å². The van der Waals surface area contributed by atoms with E-state index in [-0.39, 0.29) is 11.9 Å². The van der Waals surface area contributed by atoms with E-state index in [0.29, 0.717) is 13.0 Å². The molecule has 2 unspecified atom stereocenters. The fourth-order valence-electron chi connectivity index (χ4n) is 3.91. The molecule has 0 amide bonds. The van der Waals surface area contributed by atoms with Crippen LogP contribution in [0.2, 0.25) is 0 Å². The summed E-state index contributed by atoms with van der Waals surface area (Å²) >= 11 is 0. The van der Waals surface area contributed by atoms with Gasteiger partial charge in [-0.1, -0.05) is 30.3 Å². The Morgan fingerprint density at radius 3 is 2.69 bits per heavy atom. The third-order valence-corrected chi connectivity index (χ3v) is 5.07. The van der Waals surface area contributed by atoms with E-state index in [1.807, 2.05) is 35.2 Å². The van der Waals surface area contributed by atoms with Crippen molar-refractivity contribution in [1.29, 1.82) is 0 Å². The minimum Gasteiger partial charge on any atom is -0.480 e. The van der Waals surface area contributed by atoms with Gasteiger partial charge in [0.05, 0.1) is 11.6 Å². The normalized spacial score (nSPS) is 18.9. The van der Waals surface area contributed by atoms with Crippen molar-refractivity contribution in [2.75, 3.05) is 6.54 Å². The topological polar surface area (TPSA) is 53.4 Å². The predicted octanol–water partition coefficient (Wildman–Crippen LogP) is 4.01. The zero-order valence-corrected chi connectivity index (χ0v) is 14.2. The lowest BCUT2D eigenvalue weighted by atomic mass is 9.93. The number of likely N-dealkylation sites (tertiary alicyclic amines) is 1. The molecule has 132 valence electrons. The second-order valence-electron chi connectivity index (χ2n) is 6.61. The van der Waals surface area contributed by atoms with E-state index in [0.717, 1.165) is 28.5 Å². The first-order valence-electron chi connectivity index (χ1n) is 8.73. The summed E-state index contributed by atoms with van der Waals surface area (Å²) in [6, 6.07) is 15.3. The standard InChI is InChI=1S/C21H19FN2O2/c22-15-9-7-14(8-10-15)20(24-13-3-6-19(24)21(25)26)17-11-12-23-18-5-2-1-4-16(17)18/h1-2,4-5,7-12,19-20H,3,6,13H2,(H,25,26). The van der Waals surface area contributed by atoms with E-state index in [2.05, 4.69) is 4.98 Å². The zero-order valence-electron chi connectivity index (χ0n) is 14.2. The molecule has 5 heteroatoms. The van der Waals surface area contributed by atoms with Gasteiger partial charge in [-0.3, -0.25) is 14.7 Å². The van der Waals surface area contributed by atoms with Gasteiger partial charge < -0.3 is 5.11 Å². The SMILES string of the molecule is O=C(O)C1CCCN1C(c1ccc(F)cc1)c1ccnc2ccccc12. The molecule has 1 aromatic heterocycles. The Morgan fingerprint density at radius 2 is 1.92 bits per heavy atom. The molecule has 1 aliphatic heterocycles. The molecule has 1 saturated heterocycles. The molecule has 1 fully saturated rings. The molecule has 4 rings (SSSR count). The molecule has 2 atom stereocenters. The Morgan fingerprint density at radius 1 is 1.15 bits per heavy atom. The first-order chi connectivity index (χ1) is 12.6. The van der Waals surface area contributed by atoms with Crippen LogP contribution in [0.5, 0.6) is 0 Å². The highest BCUT2D eigenvalue weighted by Crippen LogP contribution is 2.37. The monoisotopic (exact) mass is 350 g/mol. The lowest BCUT2D eigenvalue weighted by Gasteiger charge is -2.32. The van der Waals surface area contributed by atoms with E-state index >= 15 is 0 Å². The largest absolute Gasteiger partial charge is 0.480 e. The van der Waals surface area contributed by atoms with Crippen LogP contribution < -0.4 is 0 Å². The van der Waals surface area contributed by atoms with Crippen LogP contribution in [-0.2, 0) is 4.79 Å². The number of carbonyl (C=O) groups is 1. The number of para-hydroxylation sites is 1. The zero-order chi connectivity index (χ0) is 18.1. The molecule has 3 aromatic rings. The van der Waals surface area contributed by atoms with E-state index < -0.39 is 12.0 Å². The van der Waals surface area contributed by atoms with Crippen LogP contribution in [0.25, 0.3) is 10.9 Å². The summed E-state index contributed by atoms with van der Waals surface area (Å²) in [4.78, 5) is 18.2. The molecule has 2 aromatic carbocycles. The molecular weight excluding hydrogens is 331 g/mol. The maximum Gasteiger partial charge on any atom is 0.320 e. The number of pyridine rings is 1. The number of hydrogen-bond acceptors (Lipinski definition) is 3. The average Bonchev–Trinajstić information content (AvgIpc) is 3.13. The van der Waals surface area contributed by atoms with Crippen LogP contribution in [0.1, 0.15) is 30.0 Å². The number of halogens is 1. The number of carboxylic acid groups (broad SMARTS) is 1. The summed E-state index contributed by atoms with van der Waals surface area (Å²) in [6.07, 6.45) is 3.20. The van der Waals surface area contributed by atoms with Gasteiger partial charge in [-0.25, -0.2) is 4.39 Å². The van der Waals surface area contributed by atoms with Gasteiger partial charge in [-0.05, 0) is 48.2 Å². The minimum absolute atomic E-state index is 0.257. The third-order valence-electron chi connectivity index (χ3n) is 5.07. The fourth-order valence-corrected chi connectivity index (χ4v) is 3.91. The Bertz CT molecular complexity index is 937. The number of hydrogen-bond donors (Lipinski definition) is 1. The molecule has 0 bridgehead atoms. The smallest absolute Gasteiger partial charge is 0.320 e. The van der Waals surface area contributed by atoms with Crippen LogP contribution in [0, 0.1) is 5.82 Å². The Balaban J connectivity index is 1.90. The van der Waals surface area contributed by atoms with Crippen molar-refractivity contribution >= 4 is 16.9 Å². The van der Waals surface area contributed by atoms with Gasteiger partial charge in [0.25, 0.3) is 0 Å². The van der Waals surface area contributed by atoms with Crippen LogP contribution in [0.4, 0.5) is 4.39 Å². The van der Waals surface area contributed by atoms with Gasteiger partial charge in [0.1, 0.15) is 11.9 Å². The summed E-state index contributed by atoms with van der Waals surface area (Å²) in [5.74, 6) is -1.11. The van der Waals surface area contributed by atoms with Crippen LogP contribution in [-0.4, -0.2) is 33.5 Å². The van der Waals surface area contributed by atoms with Gasteiger partial charge in [-0.15, -0.1) is 0 Å². The van der Waals surface area contributed by atoms with E-state index in [1.54, 1.807) is 18.3 Å². The molecular formula is C21H19FN2O2. The highest BCUT2D eigenvalue weighted by atomic mass is 19.1. The van der Waals surface area contributed by atoms with Crippen molar-refractivity contribution in [2.45, 2.75) is 24.9 Å². The first kappa shape index (κ1) is 16.7. The summed E-state index contributed by atoms with van der Waals surface area (Å²) in [5.41, 5.74) is 2.74. The number of aromatic nitrogens is 1. The van der Waals surface area contributed by atoms with Crippen LogP contribution in [0.3, 0.4) is 0 Å². The molecule has 0 radical (unpaired) electrons. The fraction of sp³-hybridized carbons (Fsp3) is 0.238. The number of carboxylic acids is 1. The number of fused-ring (bicyclic) bond motifs is 1. The van der Waals surface area contributed by atoms with Crippen molar-refractivity contribution in [3.05, 3.63) is 77.7 Å². The van der Waals surface area contributed by atoms with Crippen LogP contribution in [0.15, 0.2) is 60.8 Å². The molecule has 1 aliphatic rings. The second kappa shape index (κ2) is 6.84. The maximum absolute atomic E-state index is 13.5. The van der Waals surface area contributed by atoms with Crippen molar-refractivity contribution in [1.82, 2.24) is 9.88 Å². The highest BCUT2D eigenvalue weighted by Gasteiger charge is 2.37. The number of rotatable bonds is 4. The number of nitrogens with zero attached hydrogens (tertiary/aromatic N) is 2.